The molecule has 0 aliphatic carbocycles. The Hall–Kier alpha value is -1.59. The van der Waals surface area contributed by atoms with Gasteiger partial charge in [-0.05, 0) is 30.5 Å². The third-order valence-electron chi connectivity index (χ3n) is 3.92. The number of carbonyl (C=O) groups excluding carboxylic acids is 2. The van der Waals surface area contributed by atoms with Gasteiger partial charge >= 0.3 is 0 Å². The first-order valence-electron chi connectivity index (χ1n) is 7.93. The molecular formula is C18H18ClNO3S. The molecule has 3 rings (SSSR count). The number of carbonyl (C=O) groups is 2. The molecule has 0 bridgehead atoms. The van der Waals surface area contributed by atoms with Crippen LogP contribution in [-0.2, 0) is 4.79 Å². The normalized spacial score (nSPS) is 19.7. The van der Waals surface area contributed by atoms with Crippen LogP contribution in [-0.4, -0.2) is 30.1 Å². The van der Waals surface area contributed by atoms with Gasteiger partial charge in [0.2, 0.25) is 0 Å². The number of nitrogens with zero attached hydrogens (tertiary/aromatic N) is 1. The number of ketones is 2. The third-order valence-corrected chi connectivity index (χ3v) is 5.26. The number of thioether (sulfide) groups is 1. The molecule has 0 fully saturated rings. The zero-order valence-electron chi connectivity index (χ0n) is 13.4. The fourth-order valence-corrected chi connectivity index (χ4v) is 3.90. The Kier molecular flexibility index (Phi) is 5.41. The fraction of sp³-hybridized carbons (Fsp3) is 0.389. The molecular weight excluding hydrogens is 346 g/mol. The minimum Gasteiger partial charge on any atom is -0.492 e. The maximum atomic E-state index is 12.4. The molecule has 2 aliphatic heterocycles. The second kappa shape index (κ2) is 7.53. The number of aliphatic imine (C=N–C) groups is 1. The standard InChI is InChI=1S/C18H18ClNO3S/c1-11-8-13(19)18(20-10-11)15(22)4-3-14(21)12-2-5-16-17(9-12)24-7-6-23-16/h2,5,9-11H,3-4,6-8H2,1H3/t11-/m1/s1. The van der Waals surface area contributed by atoms with E-state index in [-0.39, 0.29) is 30.3 Å². The minimum atomic E-state index is -0.174. The Morgan fingerprint density at radius 3 is 2.92 bits per heavy atom. The highest BCUT2D eigenvalue weighted by Crippen LogP contribution is 2.34. The number of fused-ring (bicyclic) bond motifs is 1. The van der Waals surface area contributed by atoms with Crippen LogP contribution in [0.4, 0.5) is 0 Å². The number of halogens is 1. The summed E-state index contributed by atoms with van der Waals surface area (Å²) in [5, 5.41) is 0.491. The summed E-state index contributed by atoms with van der Waals surface area (Å²) in [6.07, 6.45) is 2.64. The van der Waals surface area contributed by atoms with Gasteiger partial charge in [0.1, 0.15) is 11.4 Å². The molecule has 0 N–H and O–H groups in total. The average molecular weight is 364 g/mol. The molecule has 2 heterocycles. The lowest BCUT2D eigenvalue weighted by molar-refractivity contribution is -0.115. The van der Waals surface area contributed by atoms with Crippen molar-refractivity contribution in [1.82, 2.24) is 0 Å². The molecule has 24 heavy (non-hydrogen) atoms. The van der Waals surface area contributed by atoms with Crippen molar-refractivity contribution in [2.75, 3.05) is 12.4 Å². The summed E-state index contributed by atoms with van der Waals surface area (Å²) in [6, 6.07) is 5.42. The van der Waals surface area contributed by atoms with E-state index in [1.165, 1.54) is 0 Å². The lowest BCUT2D eigenvalue weighted by Crippen LogP contribution is -2.12. The highest BCUT2D eigenvalue weighted by Gasteiger charge is 2.20. The monoisotopic (exact) mass is 363 g/mol. The predicted octanol–water partition coefficient (Wildman–Crippen LogP) is 4.26. The molecule has 2 aliphatic rings. The molecule has 6 heteroatoms. The predicted molar refractivity (Wildman–Crippen MR) is 96.4 cm³/mol. The fourth-order valence-electron chi connectivity index (χ4n) is 2.63. The van der Waals surface area contributed by atoms with Crippen molar-refractivity contribution >= 4 is 41.1 Å². The number of rotatable bonds is 5. The number of allylic oxidation sites excluding steroid dienone is 2. The van der Waals surface area contributed by atoms with Crippen molar-refractivity contribution in [3.05, 3.63) is 34.5 Å². The smallest absolute Gasteiger partial charge is 0.182 e. The molecule has 1 aromatic rings. The van der Waals surface area contributed by atoms with Crippen molar-refractivity contribution in [1.29, 1.82) is 0 Å². The van der Waals surface area contributed by atoms with E-state index in [9.17, 15) is 9.59 Å². The number of Topliss-reactive ketones (excluding diaryl/α,β-unsaturated/α-hetero) is 2. The van der Waals surface area contributed by atoms with E-state index in [1.54, 1.807) is 24.0 Å². The molecule has 0 saturated carbocycles. The molecule has 0 aromatic heterocycles. The number of hydrogen-bond acceptors (Lipinski definition) is 5. The van der Waals surface area contributed by atoms with Gasteiger partial charge in [-0.15, -0.1) is 11.8 Å². The Morgan fingerprint density at radius 2 is 2.12 bits per heavy atom. The molecule has 0 spiro atoms. The van der Waals surface area contributed by atoms with Crippen molar-refractivity contribution < 1.29 is 14.3 Å². The number of hydrogen-bond donors (Lipinski definition) is 0. The molecule has 1 atom stereocenters. The molecule has 0 amide bonds. The van der Waals surface area contributed by atoms with E-state index in [0.717, 1.165) is 16.4 Å². The van der Waals surface area contributed by atoms with Gasteiger partial charge < -0.3 is 4.74 Å². The lowest BCUT2D eigenvalue weighted by Gasteiger charge is -2.17. The van der Waals surface area contributed by atoms with Crippen LogP contribution in [0.3, 0.4) is 0 Å². The van der Waals surface area contributed by atoms with Gasteiger partial charge in [0.25, 0.3) is 0 Å². The third kappa shape index (κ3) is 3.90. The van der Waals surface area contributed by atoms with Crippen molar-refractivity contribution in [3.63, 3.8) is 0 Å². The van der Waals surface area contributed by atoms with E-state index in [1.807, 2.05) is 19.1 Å². The van der Waals surface area contributed by atoms with Gasteiger partial charge in [-0.1, -0.05) is 18.5 Å². The molecule has 0 radical (unpaired) electrons. The second-order valence-electron chi connectivity index (χ2n) is 5.92. The Balaban J connectivity index is 1.62. The first-order chi connectivity index (χ1) is 11.5. The largest absolute Gasteiger partial charge is 0.492 e. The van der Waals surface area contributed by atoms with E-state index >= 15 is 0 Å². The van der Waals surface area contributed by atoms with Crippen LogP contribution >= 0.6 is 23.4 Å². The van der Waals surface area contributed by atoms with Crippen molar-refractivity contribution in [2.24, 2.45) is 10.9 Å². The quantitative estimate of drug-likeness (QED) is 0.733. The molecule has 0 unspecified atom stereocenters. The van der Waals surface area contributed by atoms with E-state index in [2.05, 4.69) is 4.99 Å². The Bertz CT molecular complexity index is 742. The van der Waals surface area contributed by atoms with Crippen LogP contribution in [0.5, 0.6) is 5.75 Å². The van der Waals surface area contributed by atoms with Crippen molar-refractivity contribution in [2.45, 2.75) is 31.1 Å². The summed E-state index contributed by atoms with van der Waals surface area (Å²) in [7, 11) is 0. The SMILES string of the molecule is C[C@H]1C=NC(C(=O)CCC(=O)c2ccc3c(c2)SCCO3)=C(Cl)C1. The van der Waals surface area contributed by atoms with E-state index in [0.29, 0.717) is 29.3 Å². The maximum absolute atomic E-state index is 12.4. The minimum absolute atomic E-state index is 0.0535. The van der Waals surface area contributed by atoms with Gasteiger partial charge in [-0.25, -0.2) is 0 Å². The first kappa shape index (κ1) is 17.2. The van der Waals surface area contributed by atoms with Gasteiger partial charge in [0.15, 0.2) is 11.6 Å². The highest BCUT2D eigenvalue weighted by molar-refractivity contribution is 7.99. The average Bonchev–Trinajstić information content (AvgIpc) is 2.59. The molecule has 0 saturated heterocycles. The van der Waals surface area contributed by atoms with Gasteiger partial charge in [-0.2, -0.15) is 0 Å². The zero-order valence-corrected chi connectivity index (χ0v) is 15.0. The molecule has 4 nitrogen and oxygen atoms in total. The van der Waals surface area contributed by atoms with Crippen LogP contribution < -0.4 is 4.74 Å². The Morgan fingerprint density at radius 1 is 1.33 bits per heavy atom. The van der Waals surface area contributed by atoms with Crippen molar-refractivity contribution in [3.8, 4) is 5.75 Å². The van der Waals surface area contributed by atoms with Gasteiger partial charge in [0.05, 0.1) is 11.5 Å². The van der Waals surface area contributed by atoms with Crippen LogP contribution in [0.25, 0.3) is 0 Å². The van der Waals surface area contributed by atoms with E-state index in [4.69, 9.17) is 16.3 Å². The number of ether oxygens (including phenoxy) is 1. The van der Waals surface area contributed by atoms with Crippen LogP contribution in [0.1, 0.15) is 36.5 Å². The van der Waals surface area contributed by atoms with Gasteiger partial charge in [0, 0.05) is 35.4 Å². The Labute approximate surface area is 150 Å². The van der Waals surface area contributed by atoms with Gasteiger partial charge in [-0.3, -0.25) is 14.6 Å². The van der Waals surface area contributed by atoms with Crippen LogP contribution in [0, 0.1) is 5.92 Å². The van der Waals surface area contributed by atoms with Crippen LogP contribution in [0.2, 0.25) is 0 Å². The first-order valence-corrected chi connectivity index (χ1v) is 9.30. The zero-order chi connectivity index (χ0) is 17.1. The highest BCUT2D eigenvalue weighted by atomic mass is 35.5. The summed E-state index contributed by atoms with van der Waals surface area (Å²) in [5.41, 5.74) is 0.914. The van der Waals surface area contributed by atoms with E-state index < -0.39 is 0 Å². The molecule has 1 aromatic carbocycles. The molecule has 126 valence electrons. The lowest BCUT2D eigenvalue weighted by atomic mass is 10.0. The second-order valence-corrected chi connectivity index (χ2v) is 7.51. The summed E-state index contributed by atoms with van der Waals surface area (Å²) >= 11 is 7.81. The summed E-state index contributed by atoms with van der Waals surface area (Å²) in [4.78, 5) is 29.7. The van der Waals surface area contributed by atoms with Crippen LogP contribution in [0.15, 0.2) is 38.8 Å². The maximum Gasteiger partial charge on any atom is 0.182 e. The summed E-state index contributed by atoms with van der Waals surface area (Å²) in [5.74, 6) is 1.72. The summed E-state index contributed by atoms with van der Waals surface area (Å²) < 4.78 is 5.53. The number of benzene rings is 1. The topological polar surface area (TPSA) is 55.7 Å². The summed E-state index contributed by atoms with van der Waals surface area (Å²) in [6.45, 7) is 2.68.